The van der Waals surface area contributed by atoms with E-state index in [9.17, 15) is 4.39 Å². The van der Waals surface area contributed by atoms with E-state index in [4.69, 9.17) is 0 Å². The first-order chi connectivity index (χ1) is 7.79. The predicted molar refractivity (Wildman–Crippen MR) is 65.3 cm³/mol. The molecule has 1 saturated heterocycles. The molecule has 1 aliphatic rings. The van der Waals surface area contributed by atoms with Gasteiger partial charge in [-0.15, -0.1) is 0 Å². The Morgan fingerprint density at radius 2 is 2.12 bits per heavy atom. The van der Waals surface area contributed by atoms with Crippen LogP contribution in [0, 0.1) is 5.82 Å². The third kappa shape index (κ3) is 2.73. The summed E-state index contributed by atoms with van der Waals surface area (Å²) in [7, 11) is 0. The lowest BCUT2D eigenvalue weighted by molar-refractivity contribution is 0.585. The molecule has 0 bridgehead atoms. The summed E-state index contributed by atoms with van der Waals surface area (Å²) in [5.41, 5.74) is 1.11. The van der Waals surface area contributed by atoms with E-state index in [1.54, 1.807) is 0 Å². The van der Waals surface area contributed by atoms with E-state index in [1.807, 2.05) is 12.1 Å². The molecule has 88 valence electrons. The van der Waals surface area contributed by atoms with Gasteiger partial charge in [0, 0.05) is 24.8 Å². The molecule has 1 fully saturated rings. The van der Waals surface area contributed by atoms with Crippen LogP contribution in [0.5, 0.6) is 0 Å². The first-order valence-electron chi connectivity index (χ1n) is 6.03. The van der Waals surface area contributed by atoms with Gasteiger partial charge in [-0.1, -0.05) is 0 Å². The van der Waals surface area contributed by atoms with E-state index in [1.165, 1.54) is 25.0 Å². The van der Waals surface area contributed by atoms with Crippen molar-refractivity contribution >= 4 is 5.69 Å². The van der Waals surface area contributed by atoms with Crippen LogP contribution in [0.1, 0.15) is 19.8 Å². The van der Waals surface area contributed by atoms with Crippen LogP contribution >= 0.6 is 0 Å². The van der Waals surface area contributed by atoms with Gasteiger partial charge >= 0.3 is 0 Å². The Morgan fingerprint density at radius 1 is 1.38 bits per heavy atom. The summed E-state index contributed by atoms with van der Waals surface area (Å²) in [6.07, 6.45) is 2.52. The van der Waals surface area contributed by atoms with Crippen molar-refractivity contribution in [1.29, 1.82) is 0 Å². The molecule has 0 unspecified atom stereocenters. The van der Waals surface area contributed by atoms with Crippen LogP contribution in [-0.2, 0) is 0 Å². The van der Waals surface area contributed by atoms with Crippen molar-refractivity contribution in [3.05, 3.63) is 30.1 Å². The second-order valence-corrected chi connectivity index (χ2v) is 4.31. The lowest BCUT2D eigenvalue weighted by Gasteiger charge is -2.26. The Kier molecular flexibility index (Phi) is 3.78. The van der Waals surface area contributed by atoms with Crippen molar-refractivity contribution < 1.29 is 4.39 Å². The molecular formula is C13H19FN2. The number of likely N-dealkylation sites (N-methyl/N-ethyl adjacent to an activating group) is 1. The Hall–Kier alpha value is -1.09. The van der Waals surface area contributed by atoms with E-state index in [0.29, 0.717) is 6.04 Å². The quantitative estimate of drug-likeness (QED) is 0.841. The van der Waals surface area contributed by atoms with Gasteiger partial charge in [-0.05, 0) is 50.6 Å². The molecule has 2 nitrogen and oxygen atoms in total. The van der Waals surface area contributed by atoms with Gasteiger partial charge in [0.15, 0.2) is 0 Å². The summed E-state index contributed by atoms with van der Waals surface area (Å²) in [5.74, 6) is -0.168. The first kappa shape index (κ1) is 11.4. The van der Waals surface area contributed by atoms with Crippen LogP contribution < -0.4 is 10.2 Å². The maximum atomic E-state index is 12.8. The fraction of sp³-hybridized carbons (Fsp3) is 0.538. The van der Waals surface area contributed by atoms with Gasteiger partial charge in [-0.2, -0.15) is 0 Å². The van der Waals surface area contributed by atoms with Crippen LogP contribution in [0.3, 0.4) is 0 Å². The van der Waals surface area contributed by atoms with Crippen molar-refractivity contribution in [2.75, 3.05) is 24.5 Å². The van der Waals surface area contributed by atoms with Crippen LogP contribution in [0.4, 0.5) is 10.1 Å². The minimum Gasteiger partial charge on any atom is -0.370 e. The Morgan fingerprint density at radius 3 is 2.69 bits per heavy atom. The average Bonchev–Trinajstić information content (AvgIpc) is 2.80. The molecule has 1 aromatic carbocycles. The highest BCUT2D eigenvalue weighted by Gasteiger charge is 2.17. The summed E-state index contributed by atoms with van der Waals surface area (Å²) in [6, 6.07) is 7.35. The second-order valence-electron chi connectivity index (χ2n) is 4.31. The highest BCUT2D eigenvalue weighted by Crippen LogP contribution is 2.16. The fourth-order valence-electron chi connectivity index (χ4n) is 2.25. The second kappa shape index (κ2) is 5.30. The molecule has 1 heterocycles. The molecule has 0 amide bonds. The molecule has 1 N–H and O–H groups in total. The number of benzene rings is 1. The average molecular weight is 222 g/mol. The van der Waals surface area contributed by atoms with Crippen molar-refractivity contribution in [3.63, 3.8) is 0 Å². The van der Waals surface area contributed by atoms with Crippen molar-refractivity contribution in [1.82, 2.24) is 5.32 Å². The SMILES string of the molecule is CCN(C[C@H]1CCCN1)c1ccc(F)cc1. The van der Waals surface area contributed by atoms with E-state index >= 15 is 0 Å². The number of nitrogens with one attached hydrogen (secondary N) is 1. The molecular weight excluding hydrogens is 203 g/mol. The fourth-order valence-corrected chi connectivity index (χ4v) is 2.25. The van der Waals surface area contributed by atoms with E-state index in [-0.39, 0.29) is 5.82 Å². The number of hydrogen-bond acceptors (Lipinski definition) is 2. The predicted octanol–water partition coefficient (Wildman–Crippen LogP) is 2.40. The summed E-state index contributed by atoms with van der Waals surface area (Å²) >= 11 is 0. The van der Waals surface area contributed by atoms with Gasteiger partial charge in [0.1, 0.15) is 5.82 Å². The van der Waals surface area contributed by atoms with Crippen LogP contribution in [-0.4, -0.2) is 25.7 Å². The van der Waals surface area contributed by atoms with Gasteiger partial charge in [0.2, 0.25) is 0 Å². The number of anilines is 1. The van der Waals surface area contributed by atoms with Gasteiger partial charge in [0.05, 0.1) is 0 Å². The topological polar surface area (TPSA) is 15.3 Å². The molecule has 0 aliphatic carbocycles. The number of nitrogens with zero attached hydrogens (tertiary/aromatic N) is 1. The summed E-state index contributed by atoms with van der Waals surface area (Å²) in [5, 5.41) is 3.49. The largest absolute Gasteiger partial charge is 0.370 e. The molecule has 0 aromatic heterocycles. The van der Waals surface area contributed by atoms with Gasteiger partial charge in [-0.3, -0.25) is 0 Å². The van der Waals surface area contributed by atoms with Crippen molar-refractivity contribution in [2.45, 2.75) is 25.8 Å². The molecule has 0 radical (unpaired) electrons. The smallest absolute Gasteiger partial charge is 0.123 e. The molecule has 1 aliphatic heterocycles. The zero-order chi connectivity index (χ0) is 11.4. The number of halogens is 1. The van der Waals surface area contributed by atoms with Gasteiger partial charge in [-0.25, -0.2) is 4.39 Å². The Balaban J connectivity index is 2.00. The molecule has 1 aromatic rings. The van der Waals surface area contributed by atoms with E-state index < -0.39 is 0 Å². The third-order valence-corrected chi connectivity index (χ3v) is 3.18. The molecule has 0 spiro atoms. The van der Waals surface area contributed by atoms with Gasteiger partial charge < -0.3 is 10.2 Å². The Bertz CT molecular complexity index is 317. The zero-order valence-electron chi connectivity index (χ0n) is 9.75. The third-order valence-electron chi connectivity index (χ3n) is 3.18. The highest BCUT2D eigenvalue weighted by atomic mass is 19.1. The Labute approximate surface area is 96.5 Å². The molecule has 1 atom stereocenters. The monoisotopic (exact) mass is 222 g/mol. The minimum atomic E-state index is -0.168. The van der Waals surface area contributed by atoms with E-state index in [0.717, 1.165) is 25.3 Å². The summed E-state index contributed by atoms with van der Waals surface area (Å²) in [6.45, 7) is 5.25. The molecule has 16 heavy (non-hydrogen) atoms. The van der Waals surface area contributed by atoms with Crippen LogP contribution in [0.15, 0.2) is 24.3 Å². The highest BCUT2D eigenvalue weighted by molar-refractivity contribution is 5.46. The summed E-state index contributed by atoms with van der Waals surface area (Å²) < 4.78 is 12.8. The van der Waals surface area contributed by atoms with Gasteiger partial charge in [0.25, 0.3) is 0 Å². The maximum absolute atomic E-state index is 12.8. The van der Waals surface area contributed by atoms with Crippen LogP contribution in [0.2, 0.25) is 0 Å². The number of rotatable bonds is 4. The van der Waals surface area contributed by atoms with Crippen molar-refractivity contribution in [3.8, 4) is 0 Å². The number of hydrogen-bond donors (Lipinski definition) is 1. The lowest BCUT2D eigenvalue weighted by Crippen LogP contribution is -2.37. The molecule has 0 saturated carbocycles. The van der Waals surface area contributed by atoms with Crippen LogP contribution in [0.25, 0.3) is 0 Å². The zero-order valence-corrected chi connectivity index (χ0v) is 9.75. The maximum Gasteiger partial charge on any atom is 0.123 e. The molecule has 2 rings (SSSR count). The summed E-state index contributed by atoms with van der Waals surface area (Å²) in [4.78, 5) is 2.29. The molecule has 3 heteroatoms. The standard InChI is InChI=1S/C13H19FN2/c1-2-16(10-12-4-3-9-15-12)13-7-5-11(14)6-8-13/h5-8,12,15H,2-4,9-10H2,1H3/t12-/m1/s1. The minimum absolute atomic E-state index is 0.168. The van der Waals surface area contributed by atoms with Crippen molar-refractivity contribution in [2.24, 2.45) is 0 Å². The lowest BCUT2D eigenvalue weighted by atomic mass is 10.2. The first-order valence-corrected chi connectivity index (χ1v) is 6.03. The normalized spacial score (nSPS) is 20.0. The van der Waals surface area contributed by atoms with E-state index in [2.05, 4.69) is 17.1 Å².